The molecule has 208 valence electrons. The first-order chi connectivity index (χ1) is 18.5. The topological polar surface area (TPSA) is 71.3 Å². The number of halogens is 3. The monoisotopic (exact) mass is 559 g/mol. The third-order valence-corrected chi connectivity index (χ3v) is 9.02. The summed E-state index contributed by atoms with van der Waals surface area (Å²) in [6.45, 7) is 4.44. The predicted octanol–water partition coefficient (Wildman–Crippen LogP) is 5.47. The number of hydrogen-bond acceptors (Lipinski definition) is 5. The Hall–Kier alpha value is -3.21. The number of nitrogens with zero attached hydrogens (tertiary/aromatic N) is 5. The molecule has 1 aliphatic heterocycles. The highest BCUT2D eigenvalue weighted by Crippen LogP contribution is 2.39. The minimum atomic E-state index is -4.54. The first-order valence-corrected chi connectivity index (χ1v) is 14.1. The molecule has 1 saturated heterocycles. The fraction of sp³-hybridized carbons (Fsp3) is 0.500. The average molecular weight is 560 g/mol. The van der Waals surface area contributed by atoms with Crippen molar-refractivity contribution in [2.24, 2.45) is 5.92 Å². The molecule has 39 heavy (non-hydrogen) atoms. The molecule has 0 saturated carbocycles. The Kier molecular flexibility index (Phi) is 7.54. The number of fused-ring (bicyclic) bond motifs is 1. The molecule has 0 N–H and O–H groups in total. The van der Waals surface area contributed by atoms with E-state index in [2.05, 4.69) is 24.2 Å². The molecule has 3 heterocycles. The van der Waals surface area contributed by atoms with Gasteiger partial charge in [-0.25, -0.2) is 4.98 Å². The highest BCUT2D eigenvalue weighted by molar-refractivity contribution is 7.09. The summed E-state index contributed by atoms with van der Waals surface area (Å²) in [5.74, 6) is 0.126. The normalized spacial score (nSPS) is 20.1. The number of hydrogen-bond donors (Lipinski definition) is 0. The van der Waals surface area contributed by atoms with Gasteiger partial charge in [-0.15, -0.1) is 11.3 Å². The molecule has 2 atom stereocenters. The van der Waals surface area contributed by atoms with Gasteiger partial charge in [-0.05, 0) is 55.7 Å². The quantitative estimate of drug-likeness (QED) is 0.416. The van der Waals surface area contributed by atoms with Crippen LogP contribution in [0.15, 0.2) is 35.7 Å². The molecular weight excluding hydrogens is 527 g/mol. The van der Waals surface area contributed by atoms with E-state index < -0.39 is 11.9 Å². The second-order valence-electron chi connectivity index (χ2n) is 10.6. The molecule has 7 nitrogen and oxygen atoms in total. The molecule has 0 spiro atoms. The van der Waals surface area contributed by atoms with Crippen LogP contribution in [-0.2, 0) is 23.9 Å². The van der Waals surface area contributed by atoms with E-state index in [1.54, 1.807) is 4.90 Å². The second kappa shape index (κ2) is 10.7. The average Bonchev–Trinajstić information content (AvgIpc) is 3.55. The number of thiazole rings is 1. The number of aryl methyl sites for hydroxylation is 2. The lowest BCUT2D eigenvalue weighted by Crippen LogP contribution is -2.40. The Morgan fingerprint density at radius 2 is 1.87 bits per heavy atom. The molecule has 3 aromatic rings. The van der Waals surface area contributed by atoms with Crippen molar-refractivity contribution in [3.63, 3.8) is 0 Å². The maximum Gasteiger partial charge on any atom is 0.435 e. The van der Waals surface area contributed by atoms with Gasteiger partial charge in [-0.3, -0.25) is 14.3 Å². The minimum Gasteiger partial charge on any atom is -0.341 e. The summed E-state index contributed by atoms with van der Waals surface area (Å²) in [6, 6.07) is 9.28. The lowest BCUT2D eigenvalue weighted by Gasteiger charge is -2.37. The van der Waals surface area contributed by atoms with E-state index in [1.165, 1.54) is 29.4 Å². The Labute approximate surface area is 229 Å². The summed E-state index contributed by atoms with van der Waals surface area (Å²) in [5.41, 5.74) is 2.25. The number of benzene rings is 1. The third kappa shape index (κ3) is 5.59. The summed E-state index contributed by atoms with van der Waals surface area (Å²) >= 11 is 1.47. The molecule has 11 heteroatoms. The number of likely N-dealkylation sites (tertiary alicyclic amines) is 1. The van der Waals surface area contributed by atoms with Crippen LogP contribution < -0.4 is 0 Å². The van der Waals surface area contributed by atoms with Crippen molar-refractivity contribution >= 4 is 23.2 Å². The van der Waals surface area contributed by atoms with Gasteiger partial charge >= 0.3 is 6.18 Å². The van der Waals surface area contributed by atoms with Crippen LogP contribution in [0.3, 0.4) is 0 Å². The number of rotatable bonds is 5. The van der Waals surface area contributed by atoms with Gasteiger partial charge in [0.15, 0.2) is 5.69 Å². The van der Waals surface area contributed by atoms with Crippen LogP contribution in [-0.4, -0.2) is 56.5 Å². The zero-order chi connectivity index (χ0) is 27.9. The minimum absolute atomic E-state index is 0.00693. The number of alkyl halides is 3. The molecule has 2 amide bonds. The molecule has 1 unspecified atom stereocenters. The Morgan fingerprint density at radius 3 is 2.56 bits per heavy atom. The SMILES string of the molecule is Cc1cc(C(F)(F)F)nn1CC(=O)N1CCC(c2nc(C(=O)N(C)[C@H]3c4ccccc4CCC3C)cs2)CC1. The van der Waals surface area contributed by atoms with E-state index in [1.807, 2.05) is 29.5 Å². The van der Waals surface area contributed by atoms with Gasteiger partial charge in [-0.1, -0.05) is 31.2 Å². The summed E-state index contributed by atoms with van der Waals surface area (Å²) in [5, 5.41) is 6.27. The van der Waals surface area contributed by atoms with Gasteiger partial charge in [0.1, 0.15) is 12.2 Å². The van der Waals surface area contributed by atoms with Gasteiger partial charge in [0.2, 0.25) is 5.91 Å². The number of carbonyl (C=O) groups excluding carboxylic acids is 2. The van der Waals surface area contributed by atoms with Crippen LogP contribution >= 0.6 is 11.3 Å². The summed E-state index contributed by atoms with van der Waals surface area (Å²) in [6.07, 6.45) is -1.13. The van der Waals surface area contributed by atoms with Crippen LogP contribution in [0, 0.1) is 12.8 Å². The molecule has 2 aromatic heterocycles. The van der Waals surface area contributed by atoms with E-state index in [4.69, 9.17) is 4.98 Å². The third-order valence-electron chi connectivity index (χ3n) is 8.01. The largest absolute Gasteiger partial charge is 0.435 e. The van der Waals surface area contributed by atoms with Crippen LogP contribution in [0.1, 0.15) is 76.2 Å². The zero-order valence-corrected chi connectivity index (χ0v) is 23.1. The molecule has 1 fully saturated rings. The molecule has 0 bridgehead atoms. The standard InChI is InChI=1S/C28H32F3N5O2S/c1-17-8-9-19-6-4-5-7-21(19)25(17)34(3)27(38)22-16-39-26(32-22)20-10-12-35(13-11-20)24(37)15-36-18(2)14-23(33-36)28(29,30)31/h4-7,14,16-17,20,25H,8-13,15H2,1-3H3/t17?,25-/m1/s1. The van der Waals surface area contributed by atoms with E-state index >= 15 is 0 Å². The summed E-state index contributed by atoms with van der Waals surface area (Å²) in [4.78, 5) is 34.4. The number of piperidine rings is 1. The van der Waals surface area contributed by atoms with Crippen molar-refractivity contribution in [2.45, 2.75) is 64.2 Å². The Morgan fingerprint density at radius 1 is 1.15 bits per heavy atom. The van der Waals surface area contributed by atoms with E-state index in [0.717, 1.165) is 28.6 Å². The van der Waals surface area contributed by atoms with Crippen molar-refractivity contribution in [1.82, 2.24) is 24.6 Å². The van der Waals surface area contributed by atoms with Crippen molar-refractivity contribution in [1.29, 1.82) is 0 Å². The Bertz CT molecular complexity index is 1360. The first kappa shape index (κ1) is 27.4. The fourth-order valence-electron chi connectivity index (χ4n) is 5.78. The predicted molar refractivity (Wildman–Crippen MR) is 141 cm³/mol. The highest BCUT2D eigenvalue weighted by Gasteiger charge is 2.36. The zero-order valence-electron chi connectivity index (χ0n) is 22.2. The fourth-order valence-corrected chi connectivity index (χ4v) is 6.75. The van der Waals surface area contributed by atoms with Gasteiger partial charge in [0, 0.05) is 37.1 Å². The van der Waals surface area contributed by atoms with Gasteiger partial charge in [0.05, 0.1) is 11.0 Å². The van der Waals surface area contributed by atoms with Crippen molar-refractivity contribution < 1.29 is 22.8 Å². The Balaban J connectivity index is 1.19. The first-order valence-electron chi connectivity index (χ1n) is 13.2. The maximum atomic E-state index is 13.4. The van der Waals surface area contributed by atoms with Crippen LogP contribution in [0.5, 0.6) is 0 Å². The molecule has 1 aromatic carbocycles. The highest BCUT2D eigenvalue weighted by atomic mass is 32.1. The molecule has 2 aliphatic rings. The van der Waals surface area contributed by atoms with Crippen LogP contribution in [0.4, 0.5) is 13.2 Å². The summed E-state index contributed by atoms with van der Waals surface area (Å²) in [7, 11) is 1.85. The van der Waals surface area contributed by atoms with E-state index in [-0.39, 0.29) is 30.3 Å². The number of carbonyl (C=O) groups is 2. The summed E-state index contributed by atoms with van der Waals surface area (Å²) < 4.78 is 39.9. The number of amides is 2. The van der Waals surface area contributed by atoms with Gasteiger partial charge in [0.25, 0.3) is 5.91 Å². The molecular formula is C28H32F3N5O2S. The smallest absolute Gasteiger partial charge is 0.341 e. The van der Waals surface area contributed by atoms with Crippen molar-refractivity contribution in [3.8, 4) is 0 Å². The van der Waals surface area contributed by atoms with E-state index in [9.17, 15) is 22.8 Å². The number of aromatic nitrogens is 3. The van der Waals surface area contributed by atoms with Gasteiger partial charge < -0.3 is 9.80 Å². The van der Waals surface area contributed by atoms with Crippen LogP contribution in [0.25, 0.3) is 0 Å². The lowest BCUT2D eigenvalue weighted by molar-refractivity contribution is -0.142. The van der Waals surface area contributed by atoms with Crippen molar-refractivity contribution in [2.75, 3.05) is 20.1 Å². The molecule has 5 rings (SSSR count). The lowest BCUT2D eigenvalue weighted by atomic mass is 9.80. The van der Waals surface area contributed by atoms with Crippen molar-refractivity contribution in [3.05, 3.63) is 68.9 Å². The maximum absolute atomic E-state index is 13.4. The molecule has 0 radical (unpaired) electrons. The molecule has 1 aliphatic carbocycles. The second-order valence-corrected chi connectivity index (χ2v) is 11.5. The van der Waals surface area contributed by atoms with Crippen LogP contribution in [0.2, 0.25) is 0 Å². The van der Waals surface area contributed by atoms with Gasteiger partial charge in [-0.2, -0.15) is 18.3 Å². The van der Waals surface area contributed by atoms with E-state index in [0.29, 0.717) is 43.2 Å².